The fourth-order valence-electron chi connectivity index (χ4n) is 6.79. The molecule has 206 valence electrons. The van der Waals surface area contributed by atoms with Crippen molar-refractivity contribution < 1.29 is 14.3 Å². The Balaban J connectivity index is 1.06. The minimum absolute atomic E-state index is 0.0489. The van der Waals surface area contributed by atoms with Crippen LogP contribution in [-0.2, 0) is 16.6 Å². The number of rotatable bonds is 5. The van der Waals surface area contributed by atoms with Crippen LogP contribution in [0, 0.1) is 11.8 Å². The number of amides is 2. The average molecular weight is 530 g/mol. The summed E-state index contributed by atoms with van der Waals surface area (Å²) >= 11 is 0. The molecule has 2 saturated heterocycles. The van der Waals surface area contributed by atoms with Crippen LogP contribution in [-0.4, -0.2) is 69.8 Å². The van der Waals surface area contributed by atoms with Crippen LogP contribution in [0.15, 0.2) is 30.3 Å². The van der Waals surface area contributed by atoms with Gasteiger partial charge in [0.2, 0.25) is 0 Å². The molecular formula is C31H39N5O3. The Labute approximate surface area is 230 Å². The number of hydrogen-bond donors (Lipinski definition) is 1. The van der Waals surface area contributed by atoms with E-state index in [0.717, 1.165) is 50.0 Å². The molecule has 2 aromatic carbocycles. The second kappa shape index (κ2) is 9.96. The number of likely N-dealkylation sites (tertiary alicyclic amines) is 2. The minimum atomic E-state index is 0.0489. The van der Waals surface area contributed by atoms with Crippen molar-refractivity contribution in [1.29, 1.82) is 0 Å². The van der Waals surface area contributed by atoms with E-state index in [0.29, 0.717) is 41.9 Å². The van der Waals surface area contributed by atoms with Gasteiger partial charge in [-0.05, 0) is 89.8 Å². The van der Waals surface area contributed by atoms with Gasteiger partial charge in [0.1, 0.15) is 16.8 Å². The lowest BCUT2D eigenvalue weighted by Crippen LogP contribution is -2.37. The molecule has 2 fully saturated rings. The first kappa shape index (κ1) is 25.8. The van der Waals surface area contributed by atoms with Crippen molar-refractivity contribution in [2.75, 3.05) is 32.8 Å². The topological polar surface area (TPSA) is 91.4 Å². The van der Waals surface area contributed by atoms with Gasteiger partial charge in [0.05, 0.1) is 0 Å². The quantitative estimate of drug-likeness (QED) is 0.518. The Hall–Kier alpha value is -3.42. The van der Waals surface area contributed by atoms with Crippen molar-refractivity contribution in [3.05, 3.63) is 52.6 Å². The Bertz CT molecular complexity index is 1390. The van der Waals surface area contributed by atoms with Crippen molar-refractivity contribution in [1.82, 2.24) is 25.2 Å². The molecule has 1 aliphatic carbocycles. The fraction of sp³-hybridized carbons (Fsp3) is 0.548. The summed E-state index contributed by atoms with van der Waals surface area (Å²) in [5.74, 6) is 2.12. The average Bonchev–Trinajstić information content (AvgIpc) is 3.59. The normalized spacial score (nSPS) is 22.2. The second-order valence-corrected chi connectivity index (χ2v) is 12.6. The summed E-state index contributed by atoms with van der Waals surface area (Å²) in [7, 11) is 0. The summed E-state index contributed by atoms with van der Waals surface area (Å²) in [6.45, 7) is 11.9. The van der Waals surface area contributed by atoms with Gasteiger partial charge in [0.25, 0.3) is 11.8 Å². The molecule has 6 rings (SSSR count). The van der Waals surface area contributed by atoms with E-state index >= 15 is 0 Å². The molecule has 8 nitrogen and oxygen atoms in total. The number of ether oxygens (including phenoxy) is 1. The zero-order valence-corrected chi connectivity index (χ0v) is 23.5. The maximum Gasteiger partial charge on any atom is 0.260 e. The molecule has 1 N–H and O–H groups in total. The van der Waals surface area contributed by atoms with Gasteiger partial charge in [-0.25, -0.2) is 0 Å². The molecule has 0 bridgehead atoms. The molecule has 2 amide bonds. The van der Waals surface area contributed by atoms with Gasteiger partial charge < -0.3 is 14.5 Å². The van der Waals surface area contributed by atoms with Crippen LogP contribution >= 0.6 is 0 Å². The number of fused-ring (bicyclic) bond motifs is 3. The number of hydrogen-bond acceptors (Lipinski definition) is 5. The highest BCUT2D eigenvalue weighted by Gasteiger charge is 2.38. The van der Waals surface area contributed by atoms with Crippen LogP contribution in [0.1, 0.15) is 79.9 Å². The van der Waals surface area contributed by atoms with Crippen LogP contribution < -0.4 is 4.74 Å². The van der Waals surface area contributed by atoms with Crippen LogP contribution in [0.5, 0.6) is 5.75 Å². The summed E-state index contributed by atoms with van der Waals surface area (Å²) in [5, 5.41) is 10.8. The van der Waals surface area contributed by atoms with E-state index in [1.165, 1.54) is 16.7 Å². The highest BCUT2D eigenvalue weighted by Crippen LogP contribution is 2.43. The Morgan fingerprint density at radius 2 is 1.74 bits per heavy atom. The molecular weight excluding hydrogens is 490 g/mol. The van der Waals surface area contributed by atoms with E-state index < -0.39 is 0 Å². The van der Waals surface area contributed by atoms with E-state index in [9.17, 15) is 9.59 Å². The molecule has 3 heterocycles. The Kier molecular flexibility index (Phi) is 6.60. The number of benzene rings is 2. The zero-order chi connectivity index (χ0) is 27.3. The number of aromatic nitrogens is 3. The summed E-state index contributed by atoms with van der Waals surface area (Å²) in [6, 6.07) is 9.97. The fourth-order valence-corrected chi connectivity index (χ4v) is 6.79. The first-order valence-electron chi connectivity index (χ1n) is 14.4. The largest absolute Gasteiger partial charge is 0.483 e. The molecule has 2 unspecified atom stereocenters. The maximum atomic E-state index is 13.3. The van der Waals surface area contributed by atoms with E-state index in [1.54, 1.807) is 0 Å². The van der Waals surface area contributed by atoms with Crippen LogP contribution in [0.3, 0.4) is 0 Å². The Morgan fingerprint density at radius 3 is 2.46 bits per heavy atom. The molecule has 0 radical (unpaired) electrons. The number of aromatic amines is 1. The number of aryl methyl sites for hydroxylation is 1. The maximum absolute atomic E-state index is 13.3. The molecule has 1 aromatic heterocycles. The summed E-state index contributed by atoms with van der Waals surface area (Å²) in [6.07, 6.45) is 4.08. The highest BCUT2D eigenvalue weighted by molar-refractivity contribution is 5.97. The van der Waals surface area contributed by atoms with E-state index in [2.05, 4.69) is 55.2 Å². The van der Waals surface area contributed by atoms with Crippen molar-refractivity contribution in [3.63, 3.8) is 0 Å². The van der Waals surface area contributed by atoms with E-state index in [4.69, 9.17) is 4.74 Å². The third-order valence-electron chi connectivity index (χ3n) is 9.28. The molecule has 3 aliphatic rings. The van der Waals surface area contributed by atoms with Gasteiger partial charge in [-0.15, -0.1) is 0 Å². The third kappa shape index (κ3) is 4.90. The highest BCUT2D eigenvalue weighted by atomic mass is 16.5. The standard InChI is InChI=1S/C31H39N5O3/c1-19(2)24-13-20-7-10-31(3,4)25(20)15-28(24)39-18-29(37)35-11-8-22-16-36(17-23(22)9-12-35)30(38)21-5-6-26-27(14-21)33-34-32-26/h5-6,13-15,19,22-23H,7-12,16-18H2,1-4H3,(H,32,33,34). The number of nitrogens with zero attached hydrogens (tertiary/aromatic N) is 4. The lowest BCUT2D eigenvalue weighted by atomic mass is 9.85. The molecule has 8 heteroatoms. The third-order valence-corrected chi connectivity index (χ3v) is 9.28. The number of H-pyrrole nitrogens is 1. The summed E-state index contributed by atoms with van der Waals surface area (Å²) < 4.78 is 6.23. The van der Waals surface area contributed by atoms with Gasteiger partial charge in [-0.2, -0.15) is 15.4 Å². The van der Waals surface area contributed by atoms with Crippen molar-refractivity contribution in [2.45, 2.75) is 64.7 Å². The minimum Gasteiger partial charge on any atom is -0.483 e. The zero-order valence-electron chi connectivity index (χ0n) is 23.5. The van der Waals surface area contributed by atoms with Crippen molar-refractivity contribution in [2.24, 2.45) is 11.8 Å². The first-order chi connectivity index (χ1) is 18.7. The predicted octanol–water partition coefficient (Wildman–Crippen LogP) is 4.69. The second-order valence-electron chi connectivity index (χ2n) is 12.6. The lowest BCUT2D eigenvalue weighted by Gasteiger charge is -2.24. The lowest BCUT2D eigenvalue weighted by molar-refractivity contribution is -0.133. The SMILES string of the molecule is CC(C)c1cc2c(cc1OCC(=O)N1CCC3CN(C(=O)c4ccc5n[nH]nc5c4)CC3CC1)C(C)(C)CC2. The summed E-state index contributed by atoms with van der Waals surface area (Å²) in [4.78, 5) is 30.4. The van der Waals surface area contributed by atoms with Crippen LogP contribution in [0.4, 0.5) is 0 Å². The summed E-state index contributed by atoms with van der Waals surface area (Å²) in [5.41, 5.74) is 6.23. The smallest absolute Gasteiger partial charge is 0.260 e. The van der Waals surface area contributed by atoms with Gasteiger partial charge >= 0.3 is 0 Å². The van der Waals surface area contributed by atoms with Gasteiger partial charge in [-0.3, -0.25) is 9.59 Å². The van der Waals surface area contributed by atoms with Crippen molar-refractivity contribution in [3.8, 4) is 5.75 Å². The molecule has 2 aliphatic heterocycles. The van der Waals surface area contributed by atoms with E-state index in [-0.39, 0.29) is 23.8 Å². The Morgan fingerprint density at radius 1 is 1.03 bits per heavy atom. The van der Waals surface area contributed by atoms with Gasteiger partial charge in [0.15, 0.2) is 6.61 Å². The molecule has 2 atom stereocenters. The number of nitrogens with one attached hydrogen (secondary N) is 1. The van der Waals surface area contributed by atoms with Crippen LogP contribution in [0.2, 0.25) is 0 Å². The van der Waals surface area contributed by atoms with Gasteiger partial charge in [0, 0.05) is 31.7 Å². The monoisotopic (exact) mass is 529 g/mol. The number of carbonyl (C=O) groups excluding carboxylic acids is 2. The molecule has 39 heavy (non-hydrogen) atoms. The molecule has 0 spiro atoms. The molecule has 0 saturated carbocycles. The predicted molar refractivity (Wildman–Crippen MR) is 150 cm³/mol. The number of carbonyl (C=O) groups is 2. The molecule has 3 aromatic rings. The van der Waals surface area contributed by atoms with Crippen LogP contribution in [0.25, 0.3) is 11.0 Å². The van der Waals surface area contributed by atoms with E-state index in [1.807, 2.05) is 28.0 Å². The van der Waals surface area contributed by atoms with Gasteiger partial charge in [-0.1, -0.05) is 33.8 Å². The first-order valence-corrected chi connectivity index (χ1v) is 14.4. The van der Waals surface area contributed by atoms with Crippen molar-refractivity contribution >= 4 is 22.8 Å².